The highest BCUT2D eigenvalue weighted by Gasteiger charge is 2.08. The van der Waals surface area contributed by atoms with Crippen LogP contribution in [0.5, 0.6) is 5.88 Å². The molecule has 1 aromatic rings. The van der Waals surface area contributed by atoms with Gasteiger partial charge in [-0.1, -0.05) is 0 Å². The molecule has 62 valence electrons. The molecule has 0 unspecified atom stereocenters. The van der Waals surface area contributed by atoms with Crippen LogP contribution in [-0.2, 0) is 10.3 Å². The van der Waals surface area contributed by atoms with E-state index >= 15 is 0 Å². The fourth-order valence-corrected chi connectivity index (χ4v) is 0.911. The minimum absolute atomic E-state index is 0.127. The van der Waals surface area contributed by atoms with Gasteiger partial charge < -0.3 is 4.74 Å². The number of imidazole rings is 1. The Balaban J connectivity index is 3.09. The smallest absolute Gasteiger partial charge is 0.364 e. The lowest BCUT2D eigenvalue weighted by molar-refractivity contribution is 0.399. The summed E-state index contributed by atoms with van der Waals surface area (Å²) < 4.78 is 34.3. The second-order valence-corrected chi connectivity index (χ2v) is 3.04. The third kappa shape index (κ3) is 1.69. The topological polar surface area (TPSA) is 81.4 Å². The van der Waals surface area contributed by atoms with Crippen molar-refractivity contribution >= 4 is 10.3 Å². The maximum absolute atomic E-state index is 10.4. The van der Waals surface area contributed by atoms with Gasteiger partial charge in [-0.25, -0.2) is 8.96 Å². The maximum Gasteiger partial charge on any atom is 0.364 e. The van der Waals surface area contributed by atoms with E-state index in [0.29, 0.717) is 3.97 Å². The van der Waals surface area contributed by atoms with Crippen LogP contribution < -0.4 is 4.74 Å². The van der Waals surface area contributed by atoms with Crippen LogP contribution in [-0.4, -0.2) is 29.0 Å². The van der Waals surface area contributed by atoms with Crippen LogP contribution in [0.2, 0.25) is 0 Å². The van der Waals surface area contributed by atoms with Crippen molar-refractivity contribution in [3.8, 4) is 5.88 Å². The zero-order valence-corrected chi connectivity index (χ0v) is 6.45. The number of hydrogen-bond donors (Lipinski definition) is 1. The van der Waals surface area contributed by atoms with Gasteiger partial charge in [0.25, 0.3) is 0 Å². The first-order valence-electron chi connectivity index (χ1n) is 2.60. The zero-order valence-electron chi connectivity index (χ0n) is 5.63. The molecule has 0 bridgehead atoms. The summed E-state index contributed by atoms with van der Waals surface area (Å²) in [7, 11) is -2.87. The van der Waals surface area contributed by atoms with Gasteiger partial charge in [0.1, 0.15) is 6.33 Å². The van der Waals surface area contributed by atoms with E-state index in [1.165, 1.54) is 7.11 Å². The second-order valence-electron chi connectivity index (χ2n) is 1.72. The third-order valence-electron chi connectivity index (χ3n) is 1.01. The Morgan fingerprint density at radius 2 is 2.36 bits per heavy atom. The number of hydrogen-bond acceptors (Lipinski definition) is 4. The molecule has 0 radical (unpaired) electrons. The number of rotatable bonds is 2. The molecule has 0 atom stereocenters. The van der Waals surface area contributed by atoms with Crippen molar-refractivity contribution in [3.63, 3.8) is 0 Å². The van der Waals surface area contributed by atoms with Gasteiger partial charge >= 0.3 is 10.3 Å². The molecule has 1 N–H and O–H groups in total. The van der Waals surface area contributed by atoms with Crippen LogP contribution in [0.1, 0.15) is 0 Å². The molecule has 0 amide bonds. The molecule has 0 spiro atoms. The molecule has 0 aromatic carbocycles. The van der Waals surface area contributed by atoms with Crippen molar-refractivity contribution < 1.29 is 17.7 Å². The lowest BCUT2D eigenvalue weighted by Crippen LogP contribution is -2.07. The first kappa shape index (κ1) is 8.02. The third-order valence-corrected chi connectivity index (χ3v) is 1.74. The largest absolute Gasteiger partial charge is 0.480 e. The van der Waals surface area contributed by atoms with Crippen LogP contribution in [0.25, 0.3) is 0 Å². The molecule has 0 aliphatic heterocycles. The van der Waals surface area contributed by atoms with E-state index < -0.39 is 10.3 Å². The molecule has 0 aliphatic carbocycles. The average Bonchev–Trinajstić information content (AvgIpc) is 2.32. The Morgan fingerprint density at radius 3 is 2.64 bits per heavy atom. The van der Waals surface area contributed by atoms with Crippen molar-refractivity contribution in [2.24, 2.45) is 0 Å². The first-order chi connectivity index (χ1) is 5.04. The Hall–Kier alpha value is -1.08. The quantitative estimate of drug-likeness (QED) is 0.620. The summed E-state index contributed by atoms with van der Waals surface area (Å²) in [6, 6.07) is 0. The summed E-state index contributed by atoms with van der Waals surface area (Å²) in [4.78, 5) is 3.50. The van der Waals surface area contributed by atoms with E-state index in [2.05, 4.69) is 9.72 Å². The molecule has 0 fully saturated rings. The molecule has 11 heavy (non-hydrogen) atoms. The minimum atomic E-state index is -4.22. The fraction of sp³-hybridized carbons (Fsp3) is 0.250. The summed E-state index contributed by atoms with van der Waals surface area (Å²) in [6.07, 6.45) is 1.99. The van der Waals surface area contributed by atoms with Gasteiger partial charge in [-0.3, -0.25) is 4.55 Å². The van der Waals surface area contributed by atoms with E-state index in [-0.39, 0.29) is 5.88 Å². The Kier molecular flexibility index (Phi) is 1.83. The summed E-state index contributed by atoms with van der Waals surface area (Å²) in [5.74, 6) is 0.127. The minimum Gasteiger partial charge on any atom is -0.480 e. The van der Waals surface area contributed by atoms with Gasteiger partial charge in [-0.15, -0.1) is 0 Å². The van der Waals surface area contributed by atoms with Crippen molar-refractivity contribution in [2.45, 2.75) is 0 Å². The Bertz CT molecular complexity index is 341. The second kappa shape index (κ2) is 2.51. The molecule has 6 nitrogen and oxygen atoms in total. The van der Waals surface area contributed by atoms with Gasteiger partial charge in [0.05, 0.1) is 13.3 Å². The summed E-state index contributed by atoms with van der Waals surface area (Å²) in [5.41, 5.74) is 0. The number of methoxy groups -OCH3 is 1. The molecule has 1 aromatic heterocycles. The van der Waals surface area contributed by atoms with Crippen LogP contribution in [0.15, 0.2) is 12.5 Å². The molecule has 1 heterocycles. The van der Waals surface area contributed by atoms with Crippen LogP contribution in [0.4, 0.5) is 0 Å². The fourth-order valence-electron chi connectivity index (χ4n) is 0.521. The summed E-state index contributed by atoms with van der Waals surface area (Å²) in [5, 5.41) is 0. The van der Waals surface area contributed by atoms with Crippen LogP contribution in [0, 0.1) is 0 Å². The van der Waals surface area contributed by atoms with Gasteiger partial charge in [0.2, 0.25) is 5.88 Å². The lowest BCUT2D eigenvalue weighted by Gasteiger charge is -1.92. The molecule has 0 saturated carbocycles. The molecule has 0 saturated heterocycles. The van der Waals surface area contributed by atoms with Crippen molar-refractivity contribution in [1.82, 2.24) is 8.96 Å². The lowest BCUT2D eigenvalue weighted by atomic mass is 10.9. The van der Waals surface area contributed by atoms with Crippen molar-refractivity contribution in [3.05, 3.63) is 12.5 Å². The van der Waals surface area contributed by atoms with Crippen molar-refractivity contribution in [2.75, 3.05) is 7.11 Å². The predicted octanol–water partition coefficient (Wildman–Crippen LogP) is -0.457. The Labute approximate surface area is 63.3 Å². The standard InChI is InChI=1S/C4H6N2O4S/c1-10-4-2-6(3-5-4)11(7,8)9/h2-3H,1H3,(H,7,8,9). The number of aromatic nitrogens is 2. The van der Waals surface area contributed by atoms with Crippen molar-refractivity contribution in [1.29, 1.82) is 0 Å². The normalized spacial score (nSPS) is 11.5. The van der Waals surface area contributed by atoms with Crippen LogP contribution in [0.3, 0.4) is 0 Å². The predicted molar refractivity (Wildman–Crippen MR) is 35.7 cm³/mol. The van der Waals surface area contributed by atoms with Gasteiger partial charge in [0, 0.05) is 0 Å². The SMILES string of the molecule is COc1cn(S(=O)(=O)O)cn1. The van der Waals surface area contributed by atoms with E-state index in [0.717, 1.165) is 12.5 Å². The number of nitrogens with zero attached hydrogens (tertiary/aromatic N) is 2. The van der Waals surface area contributed by atoms with Gasteiger partial charge in [0.15, 0.2) is 0 Å². The first-order valence-corrected chi connectivity index (χ1v) is 3.99. The summed E-state index contributed by atoms with van der Waals surface area (Å²) in [6.45, 7) is 0. The molecule has 0 aliphatic rings. The zero-order chi connectivity index (χ0) is 8.48. The molecular weight excluding hydrogens is 172 g/mol. The van der Waals surface area contributed by atoms with Gasteiger partial charge in [-0.05, 0) is 0 Å². The molecule has 7 heteroatoms. The van der Waals surface area contributed by atoms with E-state index in [1.54, 1.807) is 0 Å². The average molecular weight is 178 g/mol. The van der Waals surface area contributed by atoms with E-state index in [1.807, 2.05) is 0 Å². The highest BCUT2D eigenvalue weighted by molar-refractivity contribution is 7.84. The van der Waals surface area contributed by atoms with E-state index in [4.69, 9.17) is 4.55 Å². The highest BCUT2D eigenvalue weighted by Crippen LogP contribution is 2.05. The number of ether oxygens (including phenoxy) is 1. The molecule has 1 rings (SSSR count). The van der Waals surface area contributed by atoms with Gasteiger partial charge in [-0.2, -0.15) is 8.42 Å². The highest BCUT2D eigenvalue weighted by atomic mass is 32.2. The monoisotopic (exact) mass is 178 g/mol. The van der Waals surface area contributed by atoms with Crippen LogP contribution >= 0.6 is 0 Å². The molecular formula is C4H6N2O4S. The Morgan fingerprint density at radius 1 is 1.73 bits per heavy atom. The van der Waals surface area contributed by atoms with E-state index in [9.17, 15) is 8.42 Å². The summed E-state index contributed by atoms with van der Waals surface area (Å²) >= 11 is 0. The maximum atomic E-state index is 10.4.